The summed E-state index contributed by atoms with van der Waals surface area (Å²) in [6, 6.07) is 13.1. The molecular formula is C37H38O12. The Balaban J connectivity index is 1.88. The van der Waals surface area contributed by atoms with Crippen LogP contribution in [0.3, 0.4) is 0 Å². The second-order valence-electron chi connectivity index (χ2n) is 10.9. The van der Waals surface area contributed by atoms with Crippen molar-refractivity contribution < 1.29 is 57.3 Å². The molecule has 0 spiro atoms. The SMILES string of the molecule is COCOc1cccc(OCOC)c1[C@H](O)c1c(OC)ccc(OC)c1-c1c(OC)cc2c(c1OC)C(=O)c1c(OC)cc(C)cc1C2=O. The smallest absolute Gasteiger partial charge is 0.202 e. The number of methoxy groups -OCH3 is 7. The maximum absolute atomic E-state index is 14.4. The van der Waals surface area contributed by atoms with Crippen LogP contribution in [-0.2, 0) is 9.47 Å². The van der Waals surface area contributed by atoms with E-state index in [9.17, 15) is 14.7 Å². The molecular weight excluding hydrogens is 636 g/mol. The molecule has 12 nitrogen and oxygen atoms in total. The Kier molecular flexibility index (Phi) is 10.6. The van der Waals surface area contributed by atoms with Gasteiger partial charge < -0.3 is 47.7 Å². The maximum atomic E-state index is 14.4. The van der Waals surface area contributed by atoms with Gasteiger partial charge in [0, 0.05) is 36.5 Å². The van der Waals surface area contributed by atoms with Crippen LogP contribution in [0.15, 0.2) is 48.5 Å². The molecule has 0 bridgehead atoms. The minimum Gasteiger partial charge on any atom is -0.496 e. The molecule has 1 atom stereocenters. The molecule has 4 aromatic carbocycles. The molecule has 258 valence electrons. The lowest BCUT2D eigenvalue weighted by molar-refractivity contribution is 0.0415. The molecule has 0 fully saturated rings. The van der Waals surface area contributed by atoms with E-state index in [2.05, 4.69) is 0 Å². The van der Waals surface area contributed by atoms with E-state index < -0.39 is 17.7 Å². The molecule has 49 heavy (non-hydrogen) atoms. The third kappa shape index (κ3) is 6.10. The van der Waals surface area contributed by atoms with Gasteiger partial charge in [0.05, 0.1) is 57.8 Å². The van der Waals surface area contributed by atoms with E-state index >= 15 is 0 Å². The lowest BCUT2D eigenvalue weighted by atomic mass is 9.79. The molecule has 12 heteroatoms. The van der Waals surface area contributed by atoms with Gasteiger partial charge in [-0.05, 0) is 55.0 Å². The summed E-state index contributed by atoms with van der Waals surface area (Å²) in [5.74, 6) is 0.561. The highest BCUT2D eigenvalue weighted by molar-refractivity contribution is 6.31. The second kappa shape index (κ2) is 14.9. The molecule has 0 saturated heterocycles. The standard InChI is InChI=1S/C37H38O12/c1-19-14-20-28(26(15-19)45-6)35(39)29-21(34(20)38)16-27(46-7)33(37(29)47-8)31-22(43-4)12-13-23(44-5)32(31)36(40)30-24(48-17-41-2)10-9-11-25(30)49-18-42-3/h9-16,36,40H,17-18H2,1-8H3/t36-/m0/s1. The number of aryl methyl sites for hydroxylation is 1. The van der Waals surface area contributed by atoms with Gasteiger partial charge in [0.25, 0.3) is 0 Å². The van der Waals surface area contributed by atoms with E-state index in [1.165, 1.54) is 55.8 Å². The first kappa shape index (κ1) is 35.0. The first-order chi connectivity index (χ1) is 23.7. The number of benzene rings is 4. The molecule has 0 unspecified atom stereocenters. The van der Waals surface area contributed by atoms with Crippen LogP contribution in [0.4, 0.5) is 0 Å². The summed E-state index contributed by atoms with van der Waals surface area (Å²) in [6.45, 7) is 1.57. The lowest BCUT2D eigenvalue weighted by Gasteiger charge is -2.28. The van der Waals surface area contributed by atoms with E-state index in [0.717, 1.165) is 5.56 Å². The zero-order valence-corrected chi connectivity index (χ0v) is 28.5. The van der Waals surface area contributed by atoms with Crippen molar-refractivity contribution in [2.45, 2.75) is 13.0 Å². The number of aliphatic hydroxyl groups is 1. The summed E-state index contributed by atoms with van der Waals surface area (Å²) in [7, 11) is 10.1. The first-order valence-electron chi connectivity index (χ1n) is 15.1. The zero-order valence-electron chi connectivity index (χ0n) is 28.5. The molecule has 0 aliphatic heterocycles. The molecule has 0 heterocycles. The van der Waals surface area contributed by atoms with Gasteiger partial charge in [0.2, 0.25) is 5.78 Å². The van der Waals surface area contributed by atoms with E-state index in [1.54, 1.807) is 42.5 Å². The van der Waals surface area contributed by atoms with Crippen molar-refractivity contribution >= 4 is 11.6 Å². The van der Waals surface area contributed by atoms with Crippen LogP contribution in [0.1, 0.15) is 54.6 Å². The normalized spacial score (nSPS) is 12.5. The highest BCUT2D eigenvalue weighted by Crippen LogP contribution is 2.54. The van der Waals surface area contributed by atoms with Crippen molar-refractivity contribution in [1.82, 2.24) is 0 Å². The number of aliphatic hydroxyl groups excluding tert-OH is 1. The van der Waals surface area contributed by atoms with Crippen molar-refractivity contribution in [2.24, 2.45) is 0 Å². The molecule has 0 aromatic heterocycles. The van der Waals surface area contributed by atoms with Crippen LogP contribution in [-0.4, -0.2) is 80.0 Å². The molecule has 0 amide bonds. The quantitative estimate of drug-likeness (QED) is 0.148. The maximum Gasteiger partial charge on any atom is 0.202 e. The van der Waals surface area contributed by atoms with E-state index in [-0.39, 0.29) is 98.3 Å². The minimum absolute atomic E-state index is 0.00351. The third-order valence-electron chi connectivity index (χ3n) is 8.17. The van der Waals surface area contributed by atoms with Crippen molar-refractivity contribution in [3.05, 3.63) is 87.5 Å². The van der Waals surface area contributed by atoms with Crippen LogP contribution >= 0.6 is 0 Å². The minimum atomic E-state index is -1.51. The van der Waals surface area contributed by atoms with Crippen LogP contribution < -0.4 is 33.2 Å². The van der Waals surface area contributed by atoms with Gasteiger partial charge in [-0.1, -0.05) is 6.07 Å². The Hall–Kier alpha value is -5.30. The topological polar surface area (TPSA) is 137 Å². The van der Waals surface area contributed by atoms with E-state index in [4.69, 9.17) is 42.6 Å². The summed E-state index contributed by atoms with van der Waals surface area (Å²) in [6.07, 6.45) is -1.51. The molecule has 4 aromatic rings. The highest BCUT2D eigenvalue weighted by Gasteiger charge is 2.40. The van der Waals surface area contributed by atoms with Gasteiger partial charge in [-0.2, -0.15) is 0 Å². The molecule has 1 N–H and O–H groups in total. The Morgan fingerprint density at radius 2 is 1.10 bits per heavy atom. The first-order valence-corrected chi connectivity index (χ1v) is 15.1. The summed E-state index contributed by atoms with van der Waals surface area (Å²) in [5, 5.41) is 12.4. The monoisotopic (exact) mass is 674 g/mol. The highest BCUT2D eigenvalue weighted by atomic mass is 16.7. The number of hydrogen-bond acceptors (Lipinski definition) is 12. The molecule has 1 aliphatic rings. The largest absolute Gasteiger partial charge is 0.496 e. The molecule has 5 rings (SSSR count). The van der Waals surface area contributed by atoms with Crippen molar-refractivity contribution in [3.63, 3.8) is 0 Å². The Morgan fingerprint density at radius 1 is 0.551 bits per heavy atom. The predicted octanol–water partition coefficient (Wildman–Crippen LogP) is 5.53. The third-order valence-corrected chi connectivity index (χ3v) is 8.17. The van der Waals surface area contributed by atoms with Crippen molar-refractivity contribution in [1.29, 1.82) is 0 Å². The van der Waals surface area contributed by atoms with E-state index in [1.807, 2.05) is 6.92 Å². The molecule has 1 aliphatic carbocycles. The summed E-state index contributed by atoms with van der Waals surface area (Å²) in [5.41, 5.74) is 2.04. The van der Waals surface area contributed by atoms with Gasteiger partial charge in [0.15, 0.2) is 19.4 Å². The van der Waals surface area contributed by atoms with Gasteiger partial charge >= 0.3 is 0 Å². The van der Waals surface area contributed by atoms with Crippen LogP contribution in [0, 0.1) is 6.92 Å². The number of carbonyl (C=O) groups is 2. The van der Waals surface area contributed by atoms with Crippen molar-refractivity contribution in [3.8, 4) is 51.4 Å². The Labute approximate surface area is 283 Å². The van der Waals surface area contributed by atoms with Gasteiger partial charge in [0.1, 0.15) is 46.4 Å². The molecule has 0 radical (unpaired) electrons. The Bertz CT molecular complexity index is 1870. The fourth-order valence-corrected chi connectivity index (χ4v) is 6.13. The molecule has 0 saturated carbocycles. The zero-order chi connectivity index (χ0) is 35.4. The van der Waals surface area contributed by atoms with Gasteiger partial charge in [-0.15, -0.1) is 0 Å². The fraction of sp³-hybridized carbons (Fsp3) is 0.297. The number of ketones is 2. The lowest BCUT2D eigenvalue weighted by Crippen LogP contribution is -2.23. The predicted molar refractivity (Wildman–Crippen MR) is 178 cm³/mol. The van der Waals surface area contributed by atoms with Crippen molar-refractivity contribution in [2.75, 3.05) is 63.4 Å². The van der Waals surface area contributed by atoms with E-state index in [0.29, 0.717) is 0 Å². The number of carbonyl (C=O) groups excluding carboxylic acids is 2. The van der Waals surface area contributed by atoms with Crippen LogP contribution in [0.2, 0.25) is 0 Å². The summed E-state index contributed by atoms with van der Waals surface area (Å²) >= 11 is 0. The summed E-state index contributed by atoms with van der Waals surface area (Å²) in [4.78, 5) is 28.4. The van der Waals surface area contributed by atoms with Gasteiger partial charge in [-0.3, -0.25) is 9.59 Å². The average Bonchev–Trinajstić information content (AvgIpc) is 3.12. The fourth-order valence-electron chi connectivity index (χ4n) is 6.13. The van der Waals surface area contributed by atoms with Gasteiger partial charge in [-0.25, -0.2) is 0 Å². The number of fused-ring (bicyclic) bond motifs is 2. The average molecular weight is 675 g/mol. The number of ether oxygens (including phenoxy) is 9. The number of rotatable bonds is 14. The van der Waals surface area contributed by atoms with Crippen LogP contribution in [0.25, 0.3) is 11.1 Å². The Morgan fingerprint density at radius 3 is 1.65 bits per heavy atom. The number of hydrogen-bond donors (Lipinski definition) is 1. The van der Waals surface area contributed by atoms with Crippen LogP contribution in [0.5, 0.6) is 40.2 Å². The second-order valence-corrected chi connectivity index (χ2v) is 10.9. The summed E-state index contributed by atoms with van der Waals surface area (Å²) < 4.78 is 51.1.